The number of fused-ring (bicyclic) bond motifs is 1. The van der Waals surface area contributed by atoms with Gasteiger partial charge in [-0.05, 0) is 42.8 Å². The van der Waals surface area contributed by atoms with Crippen molar-refractivity contribution in [2.24, 2.45) is 7.05 Å². The van der Waals surface area contributed by atoms with E-state index in [1.54, 1.807) is 12.1 Å². The van der Waals surface area contributed by atoms with Gasteiger partial charge in [0.2, 0.25) is 0 Å². The molecule has 0 saturated carbocycles. The number of aryl methyl sites for hydroxylation is 1. The third kappa shape index (κ3) is 3.11. The van der Waals surface area contributed by atoms with Crippen molar-refractivity contribution < 1.29 is 4.79 Å². The first-order chi connectivity index (χ1) is 11.3. The fraction of sp³-hybridized carbons (Fsp3) is 0.167. The lowest BCUT2D eigenvalue weighted by molar-refractivity contribution is 0.101. The van der Waals surface area contributed by atoms with Gasteiger partial charge in [0.25, 0.3) is 0 Å². The molecule has 2 aromatic carbocycles. The predicted molar refractivity (Wildman–Crippen MR) is 105 cm³/mol. The quantitative estimate of drug-likeness (QED) is 0.412. The van der Waals surface area contributed by atoms with Crippen LogP contribution < -0.4 is 0 Å². The number of halogens is 4. The van der Waals surface area contributed by atoms with Gasteiger partial charge >= 0.3 is 0 Å². The van der Waals surface area contributed by atoms with Gasteiger partial charge in [0.15, 0.2) is 5.78 Å². The first-order valence-corrected chi connectivity index (χ1v) is 9.13. The van der Waals surface area contributed by atoms with Gasteiger partial charge in [0.05, 0.1) is 15.6 Å². The minimum atomic E-state index is -0.0815. The number of nitrogens with zero attached hydrogens (tertiary/aromatic N) is 1. The van der Waals surface area contributed by atoms with Crippen LogP contribution in [0.5, 0.6) is 0 Å². The highest BCUT2D eigenvalue weighted by molar-refractivity contribution is 9.10. The van der Waals surface area contributed by atoms with E-state index in [0.29, 0.717) is 27.1 Å². The van der Waals surface area contributed by atoms with Crippen LogP contribution in [0.2, 0.25) is 15.1 Å². The molecule has 6 heteroatoms. The second kappa shape index (κ2) is 6.72. The Labute approximate surface area is 163 Å². The van der Waals surface area contributed by atoms with E-state index in [9.17, 15) is 4.79 Å². The number of hydrogen-bond donors (Lipinski definition) is 0. The van der Waals surface area contributed by atoms with E-state index < -0.39 is 0 Å². The second-order valence-corrected chi connectivity index (χ2v) is 7.74. The molecule has 3 aromatic rings. The summed E-state index contributed by atoms with van der Waals surface area (Å²) in [6.45, 7) is 1.49. The molecule has 0 aliphatic heterocycles. The molecule has 0 unspecified atom stereocenters. The van der Waals surface area contributed by atoms with E-state index in [4.69, 9.17) is 34.8 Å². The number of hydrogen-bond acceptors (Lipinski definition) is 1. The smallest absolute Gasteiger partial charge is 0.161 e. The summed E-state index contributed by atoms with van der Waals surface area (Å²) >= 11 is 22.5. The minimum Gasteiger partial charge on any atom is -0.347 e. The Hall–Kier alpha value is -1.000. The summed E-state index contributed by atoms with van der Waals surface area (Å²) < 4.78 is 2.97. The number of ketones is 1. The number of rotatable bonds is 3. The molecular weight excluding hydrogens is 432 g/mol. The van der Waals surface area contributed by atoms with Gasteiger partial charge in [0, 0.05) is 39.6 Å². The lowest BCUT2D eigenvalue weighted by Crippen LogP contribution is -2.02. The summed E-state index contributed by atoms with van der Waals surface area (Å²) in [6, 6.07) is 9.28. The Bertz CT molecular complexity index is 978. The average Bonchev–Trinajstić information content (AvgIpc) is 2.80. The molecule has 2 nitrogen and oxygen atoms in total. The van der Waals surface area contributed by atoms with Gasteiger partial charge in [-0.3, -0.25) is 4.79 Å². The molecule has 0 aliphatic rings. The third-order valence-corrected chi connectivity index (χ3v) is 5.66. The summed E-state index contributed by atoms with van der Waals surface area (Å²) in [7, 11) is 1.97. The monoisotopic (exact) mass is 443 g/mol. The standard InChI is InChI=1S/C18H13BrCl3NO/c1-9(24)12-3-4-15(20)14(18(12)22)8-11-7-13-16(21)5-10(19)6-17(13)23(11)2/h3-7H,8H2,1-2H3. The number of benzene rings is 2. The van der Waals surface area contributed by atoms with Crippen molar-refractivity contribution in [3.8, 4) is 0 Å². The van der Waals surface area contributed by atoms with Crippen molar-refractivity contribution in [1.29, 1.82) is 0 Å². The number of aromatic nitrogens is 1. The summed E-state index contributed by atoms with van der Waals surface area (Å²) in [6.07, 6.45) is 0.512. The molecule has 3 rings (SSSR count). The molecule has 0 spiro atoms. The van der Waals surface area contributed by atoms with Crippen LogP contribution in [0.15, 0.2) is 34.8 Å². The van der Waals surface area contributed by atoms with Crippen LogP contribution in [0.25, 0.3) is 10.9 Å². The molecular formula is C18H13BrCl3NO. The van der Waals surface area contributed by atoms with Crippen molar-refractivity contribution >= 4 is 67.4 Å². The fourth-order valence-corrected chi connectivity index (χ4v) is 4.28. The molecule has 0 atom stereocenters. The molecule has 0 bridgehead atoms. The van der Waals surface area contributed by atoms with Crippen LogP contribution in [-0.2, 0) is 13.5 Å². The summed E-state index contributed by atoms with van der Waals surface area (Å²) in [5.41, 5.74) is 3.25. The summed E-state index contributed by atoms with van der Waals surface area (Å²) in [4.78, 5) is 11.7. The van der Waals surface area contributed by atoms with Gasteiger partial charge < -0.3 is 4.57 Å². The van der Waals surface area contributed by atoms with Crippen LogP contribution >= 0.6 is 50.7 Å². The highest BCUT2D eigenvalue weighted by Crippen LogP contribution is 2.34. The van der Waals surface area contributed by atoms with Crippen molar-refractivity contribution in [2.45, 2.75) is 13.3 Å². The maximum Gasteiger partial charge on any atom is 0.161 e. The SMILES string of the molecule is CC(=O)c1ccc(Cl)c(Cc2cc3c(Cl)cc(Br)cc3n2C)c1Cl. The van der Waals surface area contributed by atoms with E-state index in [1.807, 2.05) is 25.2 Å². The predicted octanol–water partition coefficient (Wildman–Crippen LogP) is 6.69. The first kappa shape index (κ1) is 17.8. The lowest BCUT2D eigenvalue weighted by atomic mass is 10.0. The van der Waals surface area contributed by atoms with Crippen LogP contribution in [0.1, 0.15) is 28.5 Å². The van der Waals surface area contributed by atoms with Gasteiger partial charge in [-0.25, -0.2) is 0 Å². The molecule has 124 valence electrons. The normalized spacial score (nSPS) is 11.2. The Morgan fingerprint density at radius 2 is 1.83 bits per heavy atom. The molecule has 0 amide bonds. The van der Waals surface area contributed by atoms with Crippen molar-refractivity contribution in [3.05, 3.63) is 66.7 Å². The van der Waals surface area contributed by atoms with Crippen LogP contribution in [-0.4, -0.2) is 10.4 Å². The van der Waals surface area contributed by atoms with E-state index >= 15 is 0 Å². The Morgan fingerprint density at radius 1 is 1.12 bits per heavy atom. The van der Waals surface area contributed by atoms with Gasteiger partial charge in [-0.2, -0.15) is 0 Å². The zero-order valence-electron chi connectivity index (χ0n) is 13.0. The van der Waals surface area contributed by atoms with Gasteiger partial charge in [-0.15, -0.1) is 0 Å². The molecule has 0 saturated heterocycles. The topological polar surface area (TPSA) is 22.0 Å². The Morgan fingerprint density at radius 3 is 2.50 bits per heavy atom. The molecule has 0 aliphatic carbocycles. The molecule has 0 radical (unpaired) electrons. The summed E-state index contributed by atoms with van der Waals surface area (Å²) in [5, 5.41) is 2.60. The van der Waals surface area contributed by atoms with E-state index in [0.717, 1.165) is 26.6 Å². The molecule has 24 heavy (non-hydrogen) atoms. The van der Waals surface area contributed by atoms with E-state index in [-0.39, 0.29) is 5.78 Å². The van der Waals surface area contributed by atoms with Crippen molar-refractivity contribution in [2.75, 3.05) is 0 Å². The van der Waals surface area contributed by atoms with Gasteiger partial charge in [-0.1, -0.05) is 50.7 Å². The largest absolute Gasteiger partial charge is 0.347 e. The van der Waals surface area contributed by atoms with Crippen LogP contribution in [0.4, 0.5) is 0 Å². The molecule has 0 fully saturated rings. The van der Waals surface area contributed by atoms with Crippen LogP contribution in [0.3, 0.4) is 0 Å². The fourth-order valence-electron chi connectivity index (χ4n) is 2.79. The Kier molecular flexibility index (Phi) is 4.99. The first-order valence-electron chi connectivity index (χ1n) is 7.20. The highest BCUT2D eigenvalue weighted by atomic mass is 79.9. The maximum atomic E-state index is 11.7. The minimum absolute atomic E-state index is 0.0815. The zero-order chi connectivity index (χ0) is 17.6. The number of carbonyl (C=O) groups is 1. The summed E-state index contributed by atoms with van der Waals surface area (Å²) in [5.74, 6) is -0.0815. The third-order valence-electron chi connectivity index (χ3n) is 4.10. The number of carbonyl (C=O) groups excluding carboxylic acids is 1. The van der Waals surface area contributed by atoms with Gasteiger partial charge in [0.1, 0.15) is 0 Å². The Balaban J connectivity index is 2.14. The second-order valence-electron chi connectivity index (χ2n) is 5.64. The molecule has 0 N–H and O–H groups in total. The highest BCUT2D eigenvalue weighted by Gasteiger charge is 2.17. The van der Waals surface area contributed by atoms with E-state index in [2.05, 4.69) is 20.5 Å². The molecule has 1 heterocycles. The average molecular weight is 446 g/mol. The van der Waals surface area contributed by atoms with Crippen molar-refractivity contribution in [1.82, 2.24) is 4.57 Å². The molecule has 1 aromatic heterocycles. The van der Waals surface area contributed by atoms with E-state index in [1.165, 1.54) is 6.92 Å². The number of Topliss-reactive ketones (excluding diaryl/α,β-unsaturated/α-hetero) is 1. The zero-order valence-corrected chi connectivity index (χ0v) is 16.8. The maximum absolute atomic E-state index is 11.7. The van der Waals surface area contributed by atoms with Crippen molar-refractivity contribution in [3.63, 3.8) is 0 Å². The lowest BCUT2D eigenvalue weighted by Gasteiger charge is -2.11. The van der Waals surface area contributed by atoms with Crippen LogP contribution in [0, 0.1) is 0 Å².